The second kappa shape index (κ2) is 6.84. The number of aliphatic hydroxyl groups is 1. The van der Waals surface area contributed by atoms with Gasteiger partial charge in [-0.3, -0.25) is 9.88 Å². The third-order valence-corrected chi connectivity index (χ3v) is 4.37. The number of hydrogen-bond donors (Lipinski definition) is 2. The SMILES string of the molecule is Cc1nc(-c2cncc(C(N)O)c2)sc1N(C)C(=O)OC(C)(C)C. The Kier molecular flexibility index (Phi) is 5.22. The van der Waals surface area contributed by atoms with E-state index in [9.17, 15) is 9.90 Å². The molecule has 0 fully saturated rings. The van der Waals surface area contributed by atoms with Gasteiger partial charge in [-0.05, 0) is 33.8 Å². The molecule has 2 heterocycles. The van der Waals surface area contributed by atoms with Gasteiger partial charge in [-0.2, -0.15) is 0 Å². The van der Waals surface area contributed by atoms with E-state index in [1.165, 1.54) is 22.4 Å². The minimum absolute atomic E-state index is 0.440. The molecule has 0 radical (unpaired) electrons. The van der Waals surface area contributed by atoms with Crippen LogP contribution >= 0.6 is 11.3 Å². The Morgan fingerprint density at radius 3 is 2.67 bits per heavy atom. The number of nitrogens with zero attached hydrogens (tertiary/aromatic N) is 3. The first-order chi connectivity index (χ1) is 11.1. The number of carbonyl (C=O) groups is 1. The molecule has 2 rings (SSSR count). The number of aliphatic hydroxyl groups excluding tert-OH is 1. The molecule has 2 aromatic heterocycles. The van der Waals surface area contributed by atoms with Gasteiger partial charge in [0.2, 0.25) is 0 Å². The second-order valence-corrected chi connectivity index (χ2v) is 7.38. The fraction of sp³-hybridized carbons (Fsp3) is 0.438. The fourth-order valence-electron chi connectivity index (χ4n) is 1.97. The van der Waals surface area contributed by atoms with E-state index in [0.29, 0.717) is 21.3 Å². The van der Waals surface area contributed by atoms with E-state index >= 15 is 0 Å². The molecule has 7 nitrogen and oxygen atoms in total. The van der Waals surface area contributed by atoms with Crippen molar-refractivity contribution in [3.8, 4) is 10.6 Å². The molecule has 1 unspecified atom stereocenters. The maximum Gasteiger partial charge on any atom is 0.415 e. The quantitative estimate of drug-likeness (QED) is 0.825. The third kappa shape index (κ3) is 4.28. The number of aromatic nitrogens is 2. The van der Waals surface area contributed by atoms with E-state index in [-0.39, 0.29) is 0 Å². The highest BCUT2D eigenvalue weighted by Gasteiger charge is 2.24. The lowest BCUT2D eigenvalue weighted by atomic mass is 10.2. The van der Waals surface area contributed by atoms with E-state index in [1.54, 1.807) is 19.3 Å². The smallest absolute Gasteiger partial charge is 0.415 e. The number of carbonyl (C=O) groups excluding carboxylic acids is 1. The van der Waals surface area contributed by atoms with Crippen LogP contribution in [-0.2, 0) is 4.74 Å². The van der Waals surface area contributed by atoms with E-state index in [1.807, 2.05) is 27.7 Å². The molecule has 0 aliphatic heterocycles. The van der Waals surface area contributed by atoms with Gasteiger partial charge in [0.25, 0.3) is 0 Å². The van der Waals surface area contributed by atoms with Crippen molar-refractivity contribution in [3.05, 3.63) is 29.7 Å². The van der Waals surface area contributed by atoms with Crippen molar-refractivity contribution < 1.29 is 14.6 Å². The highest BCUT2D eigenvalue weighted by atomic mass is 32.1. The number of nitrogens with two attached hydrogens (primary N) is 1. The van der Waals surface area contributed by atoms with Crippen molar-refractivity contribution in [1.82, 2.24) is 9.97 Å². The van der Waals surface area contributed by atoms with Crippen LogP contribution in [0.25, 0.3) is 10.6 Å². The van der Waals surface area contributed by atoms with Gasteiger partial charge in [-0.15, -0.1) is 0 Å². The standard InChI is InChI=1S/C16H22N4O3S/c1-9-14(20(5)15(22)23-16(2,3)4)24-13(19-9)11-6-10(12(17)21)7-18-8-11/h6-8,12,21H,17H2,1-5H3. The first-order valence-corrected chi connectivity index (χ1v) is 8.23. The van der Waals surface area contributed by atoms with Crippen molar-refractivity contribution in [2.45, 2.75) is 39.5 Å². The zero-order valence-electron chi connectivity index (χ0n) is 14.4. The van der Waals surface area contributed by atoms with Crippen LogP contribution < -0.4 is 10.6 Å². The van der Waals surface area contributed by atoms with Gasteiger partial charge >= 0.3 is 6.09 Å². The number of rotatable bonds is 3. The predicted octanol–water partition coefficient (Wildman–Crippen LogP) is 2.83. The molecule has 130 valence electrons. The van der Waals surface area contributed by atoms with Gasteiger partial charge in [-0.25, -0.2) is 9.78 Å². The zero-order chi connectivity index (χ0) is 18.1. The van der Waals surface area contributed by atoms with Crippen LogP contribution in [0.1, 0.15) is 38.3 Å². The van der Waals surface area contributed by atoms with Gasteiger partial charge in [0.1, 0.15) is 21.8 Å². The van der Waals surface area contributed by atoms with E-state index in [2.05, 4.69) is 9.97 Å². The molecule has 0 aromatic carbocycles. The summed E-state index contributed by atoms with van der Waals surface area (Å²) in [6.07, 6.45) is 1.61. The number of aryl methyl sites for hydroxylation is 1. The number of thiazole rings is 1. The average molecular weight is 350 g/mol. The van der Waals surface area contributed by atoms with E-state index in [4.69, 9.17) is 10.5 Å². The maximum absolute atomic E-state index is 12.2. The van der Waals surface area contributed by atoms with Crippen molar-refractivity contribution >= 4 is 22.4 Å². The molecule has 2 aromatic rings. The summed E-state index contributed by atoms with van der Waals surface area (Å²) in [6, 6.07) is 1.73. The third-order valence-electron chi connectivity index (χ3n) is 3.09. The van der Waals surface area contributed by atoms with Crippen molar-refractivity contribution in [2.75, 3.05) is 11.9 Å². The van der Waals surface area contributed by atoms with Crippen molar-refractivity contribution in [1.29, 1.82) is 0 Å². The van der Waals surface area contributed by atoms with Gasteiger partial charge in [0.05, 0.1) is 5.69 Å². The van der Waals surface area contributed by atoms with Crippen LogP contribution in [0, 0.1) is 6.92 Å². The van der Waals surface area contributed by atoms with Crippen LogP contribution in [0.15, 0.2) is 18.5 Å². The summed E-state index contributed by atoms with van der Waals surface area (Å²) >= 11 is 1.35. The fourth-order valence-corrected chi connectivity index (χ4v) is 2.97. The number of pyridine rings is 1. The Bertz CT molecular complexity index is 737. The Labute approximate surface area is 145 Å². The van der Waals surface area contributed by atoms with Gasteiger partial charge in [0.15, 0.2) is 0 Å². The number of anilines is 1. The predicted molar refractivity (Wildman–Crippen MR) is 93.9 cm³/mol. The summed E-state index contributed by atoms with van der Waals surface area (Å²) in [7, 11) is 1.65. The summed E-state index contributed by atoms with van der Waals surface area (Å²) in [5, 5.41) is 10.9. The minimum atomic E-state index is -1.09. The number of hydrogen-bond acceptors (Lipinski definition) is 7. The van der Waals surface area contributed by atoms with Crippen molar-refractivity contribution in [2.24, 2.45) is 5.73 Å². The summed E-state index contributed by atoms with van der Waals surface area (Å²) in [5.41, 5.74) is 6.85. The summed E-state index contributed by atoms with van der Waals surface area (Å²) in [5.74, 6) is 0. The summed E-state index contributed by atoms with van der Waals surface area (Å²) in [4.78, 5) is 22.2. The van der Waals surface area contributed by atoms with Gasteiger partial charge in [-0.1, -0.05) is 11.3 Å². The molecule has 3 N–H and O–H groups in total. The van der Waals surface area contributed by atoms with Crippen LogP contribution in [-0.4, -0.2) is 33.8 Å². The van der Waals surface area contributed by atoms with E-state index in [0.717, 1.165) is 5.56 Å². The van der Waals surface area contributed by atoms with Gasteiger partial charge in [0, 0.05) is 30.6 Å². The molecule has 1 atom stereocenters. The lowest BCUT2D eigenvalue weighted by Crippen LogP contribution is -2.34. The second-order valence-electron chi connectivity index (χ2n) is 6.40. The lowest BCUT2D eigenvalue weighted by molar-refractivity contribution is 0.0590. The largest absolute Gasteiger partial charge is 0.443 e. The molecule has 0 aliphatic rings. The topological polar surface area (TPSA) is 102 Å². The minimum Gasteiger partial charge on any atom is -0.443 e. The maximum atomic E-state index is 12.2. The number of ether oxygens (including phenoxy) is 1. The lowest BCUT2D eigenvalue weighted by Gasteiger charge is -2.23. The molecule has 0 saturated heterocycles. The Hall–Kier alpha value is -2.03. The van der Waals surface area contributed by atoms with Gasteiger partial charge < -0.3 is 15.6 Å². The Morgan fingerprint density at radius 1 is 1.42 bits per heavy atom. The van der Waals surface area contributed by atoms with Crippen LogP contribution in [0.5, 0.6) is 0 Å². The Balaban J connectivity index is 2.30. The summed E-state index contributed by atoms with van der Waals surface area (Å²) in [6.45, 7) is 7.28. The van der Waals surface area contributed by atoms with Crippen LogP contribution in [0.2, 0.25) is 0 Å². The highest BCUT2D eigenvalue weighted by molar-refractivity contribution is 7.19. The summed E-state index contributed by atoms with van der Waals surface area (Å²) < 4.78 is 5.38. The van der Waals surface area contributed by atoms with Crippen molar-refractivity contribution in [3.63, 3.8) is 0 Å². The van der Waals surface area contributed by atoms with Crippen LogP contribution in [0.3, 0.4) is 0 Å². The molecular weight excluding hydrogens is 328 g/mol. The number of amides is 1. The average Bonchev–Trinajstić information content (AvgIpc) is 2.86. The monoisotopic (exact) mass is 350 g/mol. The molecule has 0 bridgehead atoms. The Morgan fingerprint density at radius 2 is 2.08 bits per heavy atom. The molecule has 0 spiro atoms. The molecule has 0 saturated carbocycles. The molecule has 1 amide bonds. The van der Waals surface area contributed by atoms with Crippen LogP contribution in [0.4, 0.5) is 9.80 Å². The molecular formula is C16H22N4O3S. The zero-order valence-corrected chi connectivity index (χ0v) is 15.2. The first-order valence-electron chi connectivity index (χ1n) is 7.41. The first kappa shape index (κ1) is 18.3. The molecule has 24 heavy (non-hydrogen) atoms. The normalized spacial score (nSPS) is 12.8. The highest BCUT2D eigenvalue weighted by Crippen LogP contribution is 2.34. The van der Waals surface area contributed by atoms with E-state index < -0.39 is 17.9 Å². The molecule has 8 heteroatoms. The molecule has 0 aliphatic carbocycles.